The Balaban J connectivity index is 2.23. The summed E-state index contributed by atoms with van der Waals surface area (Å²) >= 11 is 6.64. The number of thiocarbonyl (C=S) groups is 1. The Kier molecular flexibility index (Phi) is 6.04. The van der Waals surface area contributed by atoms with Crippen LogP contribution in [0.25, 0.3) is 6.08 Å². The number of carbonyl (C=O) groups excluding carboxylic acids is 1. The number of carbonyl (C=O) groups is 1. The van der Waals surface area contributed by atoms with Crippen molar-refractivity contribution >= 4 is 40.3 Å². The molecular formula is C16H20N2O3S2. The van der Waals surface area contributed by atoms with Gasteiger partial charge in [0.2, 0.25) is 0 Å². The number of hydrogen-bond donors (Lipinski definition) is 0. The van der Waals surface area contributed by atoms with E-state index in [0.29, 0.717) is 27.3 Å². The first-order valence-corrected chi connectivity index (χ1v) is 8.31. The maximum Gasteiger partial charge on any atom is 0.266 e. The summed E-state index contributed by atoms with van der Waals surface area (Å²) in [5.74, 6) is 1.31. The van der Waals surface area contributed by atoms with Crippen molar-refractivity contribution < 1.29 is 14.3 Å². The molecule has 0 bridgehead atoms. The summed E-state index contributed by atoms with van der Waals surface area (Å²) in [7, 11) is 7.13. The molecule has 1 aliphatic rings. The van der Waals surface area contributed by atoms with E-state index in [0.717, 1.165) is 12.1 Å². The first-order chi connectivity index (χ1) is 11.0. The average molecular weight is 352 g/mol. The van der Waals surface area contributed by atoms with E-state index >= 15 is 0 Å². The fourth-order valence-corrected chi connectivity index (χ4v) is 3.37. The molecule has 2 rings (SSSR count). The van der Waals surface area contributed by atoms with Crippen LogP contribution in [-0.2, 0) is 4.79 Å². The maximum atomic E-state index is 12.5. The Morgan fingerprint density at radius 2 is 2.04 bits per heavy atom. The quantitative estimate of drug-likeness (QED) is 0.579. The molecule has 1 fully saturated rings. The number of methoxy groups -OCH3 is 2. The number of amides is 1. The van der Waals surface area contributed by atoms with Crippen LogP contribution in [-0.4, -0.2) is 61.4 Å². The zero-order chi connectivity index (χ0) is 17.0. The van der Waals surface area contributed by atoms with Crippen LogP contribution in [0.1, 0.15) is 5.56 Å². The topological polar surface area (TPSA) is 42.0 Å². The molecule has 23 heavy (non-hydrogen) atoms. The third-order valence-corrected chi connectivity index (χ3v) is 4.75. The van der Waals surface area contributed by atoms with Crippen molar-refractivity contribution in [2.45, 2.75) is 0 Å². The molecule has 1 aliphatic heterocycles. The van der Waals surface area contributed by atoms with Gasteiger partial charge in [-0.05, 0) is 32.3 Å². The fraction of sp³-hybridized carbons (Fsp3) is 0.375. The molecular weight excluding hydrogens is 332 g/mol. The minimum absolute atomic E-state index is 0.0558. The van der Waals surface area contributed by atoms with Gasteiger partial charge in [-0.15, -0.1) is 0 Å². The highest BCUT2D eigenvalue weighted by molar-refractivity contribution is 8.26. The lowest BCUT2D eigenvalue weighted by molar-refractivity contribution is -0.122. The monoisotopic (exact) mass is 352 g/mol. The standard InChI is InChI=1S/C16H20N2O3S2/c1-17(2)7-8-18-15(19)14(23-16(18)22)9-11-5-6-12(20-3)10-13(11)21-4/h5-6,9-10H,7-8H2,1-4H3/b14-9-. The van der Waals surface area contributed by atoms with Crippen molar-refractivity contribution in [1.82, 2.24) is 9.80 Å². The van der Waals surface area contributed by atoms with Crippen molar-refractivity contribution in [2.75, 3.05) is 41.4 Å². The van der Waals surface area contributed by atoms with Gasteiger partial charge >= 0.3 is 0 Å². The molecule has 1 aromatic carbocycles. The van der Waals surface area contributed by atoms with Gasteiger partial charge < -0.3 is 14.4 Å². The number of hydrogen-bond acceptors (Lipinski definition) is 6. The molecule has 1 saturated heterocycles. The summed E-state index contributed by atoms with van der Waals surface area (Å²) < 4.78 is 11.1. The number of rotatable bonds is 6. The molecule has 5 nitrogen and oxygen atoms in total. The number of ether oxygens (including phenoxy) is 2. The molecule has 0 aliphatic carbocycles. The third kappa shape index (κ3) is 4.25. The highest BCUT2D eigenvalue weighted by Crippen LogP contribution is 2.35. The molecule has 0 unspecified atom stereocenters. The van der Waals surface area contributed by atoms with Crippen molar-refractivity contribution in [1.29, 1.82) is 0 Å². The summed E-state index contributed by atoms with van der Waals surface area (Å²) in [4.78, 5) is 16.8. The van der Waals surface area contributed by atoms with Gasteiger partial charge in [0.15, 0.2) is 0 Å². The highest BCUT2D eigenvalue weighted by Gasteiger charge is 2.31. The van der Waals surface area contributed by atoms with Crippen LogP contribution in [0.4, 0.5) is 0 Å². The van der Waals surface area contributed by atoms with Gasteiger partial charge in [-0.3, -0.25) is 9.69 Å². The Morgan fingerprint density at radius 3 is 2.65 bits per heavy atom. The van der Waals surface area contributed by atoms with E-state index in [1.807, 2.05) is 37.2 Å². The molecule has 0 aromatic heterocycles. The average Bonchev–Trinajstić information content (AvgIpc) is 2.79. The van der Waals surface area contributed by atoms with Crippen LogP contribution in [0.15, 0.2) is 23.1 Å². The molecule has 7 heteroatoms. The zero-order valence-electron chi connectivity index (χ0n) is 13.7. The smallest absolute Gasteiger partial charge is 0.266 e. The summed E-state index contributed by atoms with van der Waals surface area (Å²) in [6, 6.07) is 5.49. The van der Waals surface area contributed by atoms with E-state index in [-0.39, 0.29) is 5.91 Å². The van der Waals surface area contributed by atoms with Crippen molar-refractivity contribution in [3.8, 4) is 11.5 Å². The Hall–Kier alpha value is -1.57. The second-order valence-corrected chi connectivity index (χ2v) is 6.92. The van der Waals surface area contributed by atoms with Crippen molar-refractivity contribution in [2.24, 2.45) is 0 Å². The lowest BCUT2D eigenvalue weighted by Crippen LogP contribution is -2.34. The van der Waals surface area contributed by atoms with Crippen LogP contribution >= 0.6 is 24.0 Å². The Labute approximate surface area is 146 Å². The third-order valence-electron chi connectivity index (χ3n) is 3.37. The van der Waals surface area contributed by atoms with Crippen LogP contribution in [0.5, 0.6) is 11.5 Å². The predicted molar refractivity (Wildman–Crippen MR) is 98.0 cm³/mol. The molecule has 1 heterocycles. The highest BCUT2D eigenvalue weighted by atomic mass is 32.2. The minimum Gasteiger partial charge on any atom is -0.497 e. The molecule has 0 saturated carbocycles. The van der Waals surface area contributed by atoms with E-state index in [4.69, 9.17) is 21.7 Å². The molecule has 1 amide bonds. The molecule has 1 aromatic rings. The summed E-state index contributed by atoms with van der Waals surface area (Å²) in [6.07, 6.45) is 1.81. The fourth-order valence-electron chi connectivity index (χ4n) is 2.07. The molecule has 124 valence electrons. The minimum atomic E-state index is -0.0558. The zero-order valence-corrected chi connectivity index (χ0v) is 15.3. The largest absolute Gasteiger partial charge is 0.497 e. The van der Waals surface area contributed by atoms with Gasteiger partial charge in [-0.1, -0.05) is 24.0 Å². The number of likely N-dealkylation sites (N-methyl/N-ethyl adjacent to an activating group) is 1. The summed E-state index contributed by atoms with van der Waals surface area (Å²) in [6.45, 7) is 1.36. The summed E-state index contributed by atoms with van der Waals surface area (Å²) in [5, 5.41) is 0. The van der Waals surface area contributed by atoms with Gasteiger partial charge in [0.1, 0.15) is 15.8 Å². The molecule has 0 radical (unpaired) electrons. The Morgan fingerprint density at radius 1 is 1.30 bits per heavy atom. The summed E-state index contributed by atoms with van der Waals surface area (Å²) in [5.41, 5.74) is 0.821. The normalized spacial score (nSPS) is 16.6. The first kappa shape index (κ1) is 17.8. The van der Waals surface area contributed by atoms with E-state index in [1.165, 1.54) is 11.8 Å². The number of thioether (sulfide) groups is 1. The van der Waals surface area contributed by atoms with E-state index in [2.05, 4.69) is 0 Å². The lowest BCUT2D eigenvalue weighted by atomic mass is 10.1. The molecule has 0 N–H and O–H groups in total. The van der Waals surface area contributed by atoms with Gasteiger partial charge in [0, 0.05) is 24.7 Å². The van der Waals surface area contributed by atoms with Gasteiger partial charge in [0.25, 0.3) is 5.91 Å². The van der Waals surface area contributed by atoms with E-state index < -0.39 is 0 Å². The predicted octanol–water partition coefficient (Wildman–Crippen LogP) is 2.47. The van der Waals surface area contributed by atoms with Crippen LogP contribution < -0.4 is 9.47 Å². The molecule has 0 atom stereocenters. The first-order valence-electron chi connectivity index (χ1n) is 7.08. The second kappa shape index (κ2) is 7.81. The molecule has 0 spiro atoms. The van der Waals surface area contributed by atoms with Crippen molar-refractivity contribution in [3.63, 3.8) is 0 Å². The number of benzene rings is 1. The van der Waals surface area contributed by atoms with Gasteiger partial charge in [-0.25, -0.2) is 0 Å². The lowest BCUT2D eigenvalue weighted by Gasteiger charge is -2.17. The van der Waals surface area contributed by atoms with Crippen molar-refractivity contribution in [3.05, 3.63) is 28.7 Å². The van der Waals surface area contributed by atoms with Crippen LogP contribution in [0, 0.1) is 0 Å². The van der Waals surface area contributed by atoms with E-state index in [9.17, 15) is 4.79 Å². The van der Waals surface area contributed by atoms with E-state index in [1.54, 1.807) is 25.2 Å². The SMILES string of the molecule is COc1ccc(/C=C2\SC(=S)N(CCN(C)C)C2=O)c(OC)c1. The van der Waals surface area contributed by atoms with Crippen LogP contribution in [0.2, 0.25) is 0 Å². The Bertz CT molecular complexity index is 644. The van der Waals surface area contributed by atoms with Gasteiger partial charge in [0.05, 0.1) is 19.1 Å². The second-order valence-electron chi connectivity index (χ2n) is 5.24. The number of nitrogens with zero attached hydrogens (tertiary/aromatic N) is 2. The maximum absolute atomic E-state index is 12.5. The van der Waals surface area contributed by atoms with Crippen LogP contribution in [0.3, 0.4) is 0 Å². The van der Waals surface area contributed by atoms with Gasteiger partial charge in [-0.2, -0.15) is 0 Å².